The Bertz CT molecular complexity index is 390. The summed E-state index contributed by atoms with van der Waals surface area (Å²) in [6.07, 6.45) is 2.21. The van der Waals surface area contributed by atoms with Gasteiger partial charge in [-0.3, -0.25) is 15.0 Å². The van der Waals surface area contributed by atoms with E-state index in [1.807, 2.05) is 0 Å². The van der Waals surface area contributed by atoms with E-state index in [0.29, 0.717) is 12.4 Å². The molecule has 0 atom stereocenters. The summed E-state index contributed by atoms with van der Waals surface area (Å²) in [5.41, 5.74) is 0.0278. The molecule has 0 unspecified atom stereocenters. The third-order valence-electron chi connectivity index (χ3n) is 2.81. The van der Waals surface area contributed by atoms with E-state index in [4.69, 9.17) is 4.74 Å². The third-order valence-corrected chi connectivity index (χ3v) is 2.81. The number of nitro groups is 1. The van der Waals surface area contributed by atoms with Crippen molar-refractivity contribution in [3.8, 4) is 5.75 Å². The molecule has 0 aliphatic carbocycles. The topological polar surface area (TPSA) is 55.6 Å². The summed E-state index contributed by atoms with van der Waals surface area (Å²) in [6, 6.07) is 6.50. The molecule has 1 aromatic rings. The molecule has 0 saturated heterocycles. The van der Waals surface area contributed by atoms with E-state index < -0.39 is 4.92 Å². The van der Waals surface area contributed by atoms with Gasteiger partial charge in [-0.05, 0) is 32.0 Å². The number of hydrogen-bond donors (Lipinski definition) is 0. The van der Waals surface area contributed by atoms with Crippen LogP contribution in [-0.2, 0) is 0 Å². The molecular weight excluding hydrogens is 244 g/mol. The molecule has 0 aromatic heterocycles. The molecule has 0 N–H and O–H groups in total. The minimum absolute atomic E-state index is 0.0278. The molecule has 0 radical (unpaired) electrons. The molecule has 0 aliphatic heterocycles. The highest BCUT2D eigenvalue weighted by Gasteiger charge is 2.13. The van der Waals surface area contributed by atoms with Crippen molar-refractivity contribution in [2.75, 3.05) is 26.2 Å². The van der Waals surface area contributed by atoms with Crippen LogP contribution in [0.3, 0.4) is 0 Å². The Morgan fingerprint density at radius 3 is 2.37 bits per heavy atom. The van der Waals surface area contributed by atoms with E-state index in [9.17, 15) is 10.1 Å². The zero-order valence-electron chi connectivity index (χ0n) is 11.7. The van der Waals surface area contributed by atoms with Crippen LogP contribution in [0.15, 0.2) is 24.3 Å². The molecule has 0 aliphatic rings. The lowest BCUT2D eigenvalue weighted by atomic mass is 10.3. The van der Waals surface area contributed by atoms with Gasteiger partial charge in [-0.1, -0.05) is 26.0 Å². The quantitative estimate of drug-likeness (QED) is 0.509. The van der Waals surface area contributed by atoms with Crippen molar-refractivity contribution in [2.24, 2.45) is 0 Å². The first-order valence-corrected chi connectivity index (χ1v) is 6.77. The number of hydrogen-bond acceptors (Lipinski definition) is 4. The monoisotopic (exact) mass is 266 g/mol. The van der Waals surface area contributed by atoms with Crippen molar-refractivity contribution in [1.82, 2.24) is 4.90 Å². The molecule has 0 saturated carbocycles. The number of rotatable bonds is 9. The fourth-order valence-corrected chi connectivity index (χ4v) is 1.98. The summed E-state index contributed by atoms with van der Waals surface area (Å²) in [5, 5.41) is 10.8. The lowest BCUT2D eigenvalue weighted by molar-refractivity contribution is -0.385. The standard InChI is InChI=1S/C14H22N2O3/c1-3-9-15(10-4-2)11-12-19-14-8-6-5-7-13(14)16(17)18/h5-8H,3-4,9-12H2,1-2H3. The van der Waals surface area contributed by atoms with Crippen molar-refractivity contribution in [3.63, 3.8) is 0 Å². The number of benzene rings is 1. The maximum Gasteiger partial charge on any atom is 0.310 e. The van der Waals surface area contributed by atoms with Crippen molar-refractivity contribution < 1.29 is 9.66 Å². The van der Waals surface area contributed by atoms with Gasteiger partial charge in [0.1, 0.15) is 6.61 Å². The minimum atomic E-state index is -0.412. The Morgan fingerprint density at radius 2 is 1.79 bits per heavy atom. The van der Waals surface area contributed by atoms with E-state index in [0.717, 1.165) is 32.5 Å². The Labute approximate surface area is 114 Å². The normalized spacial score (nSPS) is 10.7. The van der Waals surface area contributed by atoms with Crippen molar-refractivity contribution in [3.05, 3.63) is 34.4 Å². The summed E-state index contributed by atoms with van der Waals surface area (Å²) >= 11 is 0. The van der Waals surface area contributed by atoms with Gasteiger partial charge in [-0.25, -0.2) is 0 Å². The smallest absolute Gasteiger partial charge is 0.310 e. The molecule has 1 rings (SSSR count). The summed E-state index contributed by atoms with van der Waals surface area (Å²) < 4.78 is 5.54. The van der Waals surface area contributed by atoms with Gasteiger partial charge >= 0.3 is 5.69 Å². The molecule has 106 valence electrons. The zero-order chi connectivity index (χ0) is 14.1. The molecule has 0 heterocycles. The maximum atomic E-state index is 10.8. The fourth-order valence-electron chi connectivity index (χ4n) is 1.98. The van der Waals surface area contributed by atoms with Crippen LogP contribution in [0.25, 0.3) is 0 Å². The first-order chi connectivity index (χ1) is 9.19. The second-order valence-electron chi connectivity index (χ2n) is 4.41. The highest BCUT2D eigenvalue weighted by molar-refractivity contribution is 5.45. The highest BCUT2D eigenvalue weighted by Crippen LogP contribution is 2.25. The Balaban J connectivity index is 2.50. The van der Waals surface area contributed by atoms with Crippen LogP contribution in [0.2, 0.25) is 0 Å². The Hall–Kier alpha value is -1.62. The van der Waals surface area contributed by atoms with Crippen LogP contribution in [0, 0.1) is 10.1 Å². The molecule has 5 nitrogen and oxygen atoms in total. The van der Waals surface area contributed by atoms with Gasteiger partial charge in [0.2, 0.25) is 0 Å². The van der Waals surface area contributed by atoms with Crippen LogP contribution in [0.1, 0.15) is 26.7 Å². The van der Waals surface area contributed by atoms with Crippen LogP contribution in [-0.4, -0.2) is 36.1 Å². The highest BCUT2D eigenvalue weighted by atomic mass is 16.6. The molecule has 0 fully saturated rings. The van der Waals surface area contributed by atoms with Gasteiger partial charge in [0.15, 0.2) is 5.75 Å². The van der Waals surface area contributed by atoms with Gasteiger partial charge in [0.25, 0.3) is 0 Å². The van der Waals surface area contributed by atoms with Crippen molar-refractivity contribution in [2.45, 2.75) is 26.7 Å². The molecule has 19 heavy (non-hydrogen) atoms. The van der Waals surface area contributed by atoms with Crippen molar-refractivity contribution >= 4 is 5.69 Å². The molecule has 0 spiro atoms. The Kier molecular flexibility index (Phi) is 6.89. The van der Waals surface area contributed by atoms with Crippen LogP contribution >= 0.6 is 0 Å². The predicted molar refractivity (Wildman–Crippen MR) is 75.6 cm³/mol. The number of nitrogens with zero attached hydrogens (tertiary/aromatic N) is 2. The minimum Gasteiger partial charge on any atom is -0.485 e. The summed E-state index contributed by atoms with van der Waals surface area (Å²) in [7, 11) is 0. The summed E-state index contributed by atoms with van der Waals surface area (Å²) in [6.45, 7) is 7.64. The Morgan fingerprint density at radius 1 is 1.16 bits per heavy atom. The fraction of sp³-hybridized carbons (Fsp3) is 0.571. The van der Waals surface area contributed by atoms with Gasteiger partial charge in [-0.15, -0.1) is 0 Å². The van der Waals surface area contributed by atoms with E-state index >= 15 is 0 Å². The lowest BCUT2D eigenvalue weighted by Crippen LogP contribution is -2.30. The second-order valence-corrected chi connectivity index (χ2v) is 4.41. The number of nitro benzene ring substituents is 1. The van der Waals surface area contributed by atoms with Gasteiger partial charge in [0, 0.05) is 12.6 Å². The lowest BCUT2D eigenvalue weighted by Gasteiger charge is -2.20. The third kappa shape index (κ3) is 5.26. The number of para-hydroxylation sites is 2. The average molecular weight is 266 g/mol. The van der Waals surface area contributed by atoms with E-state index in [1.165, 1.54) is 6.07 Å². The maximum absolute atomic E-state index is 10.8. The van der Waals surface area contributed by atoms with Crippen LogP contribution < -0.4 is 4.74 Å². The largest absolute Gasteiger partial charge is 0.485 e. The molecule has 1 aromatic carbocycles. The summed E-state index contributed by atoms with van der Waals surface area (Å²) in [4.78, 5) is 12.7. The molecule has 0 amide bonds. The molecule has 0 bridgehead atoms. The van der Waals surface area contributed by atoms with E-state index in [2.05, 4.69) is 18.7 Å². The van der Waals surface area contributed by atoms with Crippen LogP contribution in [0.5, 0.6) is 5.75 Å². The zero-order valence-corrected chi connectivity index (χ0v) is 11.7. The van der Waals surface area contributed by atoms with Gasteiger partial charge in [0.05, 0.1) is 4.92 Å². The molecular formula is C14H22N2O3. The summed E-state index contributed by atoms with van der Waals surface area (Å²) in [5.74, 6) is 0.348. The van der Waals surface area contributed by atoms with Crippen molar-refractivity contribution in [1.29, 1.82) is 0 Å². The number of ether oxygens (including phenoxy) is 1. The van der Waals surface area contributed by atoms with E-state index in [-0.39, 0.29) is 5.69 Å². The second kappa shape index (κ2) is 8.48. The molecule has 5 heteroatoms. The SMILES string of the molecule is CCCN(CCC)CCOc1ccccc1[N+](=O)[O-]. The predicted octanol–water partition coefficient (Wildman–Crippen LogP) is 3.10. The van der Waals surface area contributed by atoms with E-state index in [1.54, 1.807) is 18.2 Å². The average Bonchev–Trinajstić information content (AvgIpc) is 2.39. The van der Waals surface area contributed by atoms with Gasteiger partial charge in [-0.2, -0.15) is 0 Å². The van der Waals surface area contributed by atoms with Crippen LogP contribution in [0.4, 0.5) is 5.69 Å². The van der Waals surface area contributed by atoms with Gasteiger partial charge < -0.3 is 4.74 Å². The first kappa shape index (κ1) is 15.4. The first-order valence-electron chi connectivity index (χ1n) is 6.77.